The summed E-state index contributed by atoms with van der Waals surface area (Å²) in [4.78, 5) is 12.8. The topological polar surface area (TPSA) is 35.5 Å². The van der Waals surface area contributed by atoms with Gasteiger partial charge in [-0.2, -0.15) is 0 Å². The Kier molecular flexibility index (Phi) is 3.95. The Morgan fingerprint density at radius 3 is 2.63 bits per heavy atom. The minimum absolute atomic E-state index is 0.0360. The molecule has 3 fully saturated rings. The first-order valence-corrected chi connectivity index (χ1v) is 7.94. The number of fused-ring (bicyclic) bond motifs is 2. The molecule has 6 atom stereocenters. The molecule has 3 nitrogen and oxygen atoms in total. The van der Waals surface area contributed by atoms with E-state index in [0.717, 1.165) is 12.8 Å². The molecule has 1 heterocycles. The minimum Gasteiger partial charge on any atom is -0.356 e. The van der Waals surface area contributed by atoms with Crippen molar-refractivity contribution in [1.82, 2.24) is 0 Å². The second kappa shape index (κ2) is 5.53. The monoisotopic (exact) mass is 266 g/mol. The number of Topliss-reactive ketones (excluding diaryl/α,β-unsaturated/α-hetero) is 1. The van der Waals surface area contributed by atoms with E-state index in [1.165, 1.54) is 32.1 Å². The van der Waals surface area contributed by atoms with Gasteiger partial charge in [0.15, 0.2) is 6.29 Å². The highest BCUT2D eigenvalue weighted by Crippen LogP contribution is 2.48. The molecule has 3 heteroatoms. The first-order valence-electron chi connectivity index (χ1n) is 7.94. The van der Waals surface area contributed by atoms with Crippen LogP contribution in [0.2, 0.25) is 0 Å². The van der Waals surface area contributed by atoms with E-state index in [-0.39, 0.29) is 18.3 Å². The van der Waals surface area contributed by atoms with Gasteiger partial charge in [0.2, 0.25) is 0 Å². The number of carbonyl (C=O) groups excluding carboxylic acids is 1. The highest BCUT2D eigenvalue weighted by Gasteiger charge is 2.53. The quantitative estimate of drug-likeness (QED) is 0.731. The summed E-state index contributed by atoms with van der Waals surface area (Å²) in [6, 6.07) is 0. The van der Waals surface area contributed by atoms with E-state index in [1.54, 1.807) is 7.11 Å². The highest BCUT2D eigenvalue weighted by atomic mass is 16.7. The molecule has 0 aromatic carbocycles. The lowest BCUT2D eigenvalue weighted by Crippen LogP contribution is -2.43. The zero-order valence-corrected chi connectivity index (χ0v) is 12.1. The fourth-order valence-corrected chi connectivity index (χ4v) is 4.66. The van der Waals surface area contributed by atoms with Crippen LogP contribution in [0.4, 0.5) is 0 Å². The molecule has 0 N–H and O–H groups in total. The number of rotatable bonds is 1. The molecule has 0 spiro atoms. The van der Waals surface area contributed by atoms with Gasteiger partial charge in [0.05, 0.1) is 12.0 Å². The number of methoxy groups -OCH3 is 1. The molecule has 2 saturated carbocycles. The van der Waals surface area contributed by atoms with E-state index in [0.29, 0.717) is 23.5 Å². The lowest BCUT2D eigenvalue weighted by Gasteiger charge is -2.39. The maximum atomic E-state index is 12.8. The molecule has 0 radical (unpaired) electrons. The third kappa shape index (κ3) is 2.36. The SMILES string of the molecule is CO[C@H]1O[C@@H](C)[C@@H]2C(=O)[C@@H]3CCCCCC[C@@H]3C[C@H]12. The van der Waals surface area contributed by atoms with E-state index in [1.807, 2.05) is 6.92 Å². The predicted octanol–water partition coefficient (Wildman–Crippen LogP) is 3.17. The van der Waals surface area contributed by atoms with Crippen molar-refractivity contribution in [2.45, 2.75) is 64.3 Å². The van der Waals surface area contributed by atoms with Crippen LogP contribution in [0.3, 0.4) is 0 Å². The van der Waals surface area contributed by atoms with Crippen molar-refractivity contribution in [2.75, 3.05) is 7.11 Å². The molecule has 2 aliphatic carbocycles. The van der Waals surface area contributed by atoms with E-state index in [2.05, 4.69) is 0 Å². The zero-order valence-electron chi connectivity index (χ0n) is 12.1. The minimum atomic E-state index is -0.157. The van der Waals surface area contributed by atoms with Crippen molar-refractivity contribution in [3.63, 3.8) is 0 Å². The van der Waals surface area contributed by atoms with Crippen LogP contribution in [0.1, 0.15) is 51.9 Å². The third-order valence-corrected chi connectivity index (χ3v) is 5.58. The normalized spacial score (nSPS) is 47.2. The van der Waals surface area contributed by atoms with Gasteiger partial charge in [-0.25, -0.2) is 0 Å². The van der Waals surface area contributed by atoms with Crippen molar-refractivity contribution in [3.05, 3.63) is 0 Å². The molecular formula is C16H26O3. The van der Waals surface area contributed by atoms with Gasteiger partial charge in [0.25, 0.3) is 0 Å². The average molecular weight is 266 g/mol. The standard InChI is InChI=1S/C16H26O3/c1-10-14-13(16(18-2)19-10)9-11-7-5-3-4-6-8-12(11)15(14)17/h10-14,16H,3-9H2,1-2H3/t10-,11+,12+,13-,14-,16-/m0/s1. The summed E-state index contributed by atoms with van der Waals surface area (Å²) in [5.74, 6) is 1.76. The maximum absolute atomic E-state index is 12.8. The van der Waals surface area contributed by atoms with Crippen LogP contribution < -0.4 is 0 Å². The Labute approximate surface area is 116 Å². The Hall–Kier alpha value is -0.410. The van der Waals surface area contributed by atoms with Crippen molar-refractivity contribution in [3.8, 4) is 0 Å². The fraction of sp³-hybridized carbons (Fsp3) is 0.938. The van der Waals surface area contributed by atoms with Crippen LogP contribution >= 0.6 is 0 Å². The lowest BCUT2D eigenvalue weighted by molar-refractivity contribution is -0.139. The van der Waals surface area contributed by atoms with Gasteiger partial charge in [-0.15, -0.1) is 0 Å². The summed E-state index contributed by atoms with van der Waals surface area (Å²) < 4.78 is 11.3. The van der Waals surface area contributed by atoms with E-state index in [4.69, 9.17) is 9.47 Å². The number of ketones is 1. The molecule has 19 heavy (non-hydrogen) atoms. The second-order valence-electron chi connectivity index (χ2n) is 6.63. The number of ether oxygens (including phenoxy) is 2. The summed E-state index contributed by atoms with van der Waals surface area (Å²) in [5.41, 5.74) is 0. The van der Waals surface area contributed by atoms with Gasteiger partial charge in [0, 0.05) is 18.9 Å². The van der Waals surface area contributed by atoms with Crippen LogP contribution in [0.25, 0.3) is 0 Å². The van der Waals surface area contributed by atoms with E-state index in [9.17, 15) is 4.79 Å². The van der Waals surface area contributed by atoms with Gasteiger partial charge >= 0.3 is 0 Å². The summed E-state index contributed by atoms with van der Waals surface area (Å²) in [6.07, 6.45) is 8.51. The molecule has 3 rings (SSSR count). The van der Waals surface area contributed by atoms with Crippen LogP contribution in [0, 0.1) is 23.7 Å². The Morgan fingerprint density at radius 2 is 1.89 bits per heavy atom. The van der Waals surface area contributed by atoms with Gasteiger partial charge in [-0.3, -0.25) is 4.79 Å². The van der Waals surface area contributed by atoms with E-state index < -0.39 is 0 Å². The maximum Gasteiger partial charge on any atom is 0.161 e. The van der Waals surface area contributed by atoms with Gasteiger partial charge < -0.3 is 9.47 Å². The van der Waals surface area contributed by atoms with Crippen LogP contribution in [0.5, 0.6) is 0 Å². The molecule has 0 aromatic rings. The molecule has 0 bridgehead atoms. The lowest BCUT2D eigenvalue weighted by atomic mass is 9.63. The van der Waals surface area contributed by atoms with Gasteiger partial charge in [-0.1, -0.05) is 25.7 Å². The summed E-state index contributed by atoms with van der Waals surface area (Å²) >= 11 is 0. The number of carbonyl (C=O) groups is 1. The molecule has 0 aromatic heterocycles. The molecule has 1 saturated heterocycles. The molecule has 0 amide bonds. The van der Waals surface area contributed by atoms with Gasteiger partial charge in [-0.05, 0) is 32.1 Å². The van der Waals surface area contributed by atoms with Gasteiger partial charge in [0.1, 0.15) is 5.78 Å². The zero-order chi connectivity index (χ0) is 13.4. The highest BCUT2D eigenvalue weighted by molar-refractivity contribution is 5.85. The molecule has 3 aliphatic rings. The summed E-state index contributed by atoms with van der Waals surface area (Å²) in [6.45, 7) is 2.04. The van der Waals surface area contributed by atoms with Crippen molar-refractivity contribution < 1.29 is 14.3 Å². The Bertz CT molecular complexity index is 341. The fourth-order valence-electron chi connectivity index (χ4n) is 4.66. The Morgan fingerprint density at radius 1 is 1.16 bits per heavy atom. The number of hydrogen-bond acceptors (Lipinski definition) is 3. The Balaban J connectivity index is 1.81. The largest absolute Gasteiger partial charge is 0.356 e. The van der Waals surface area contributed by atoms with Crippen molar-refractivity contribution in [2.24, 2.45) is 23.7 Å². The predicted molar refractivity (Wildman–Crippen MR) is 72.6 cm³/mol. The van der Waals surface area contributed by atoms with E-state index >= 15 is 0 Å². The molecule has 0 unspecified atom stereocenters. The number of hydrogen-bond donors (Lipinski definition) is 0. The summed E-state index contributed by atoms with van der Waals surface area (Å²) in [5, 5.41) is 0. The van der Waals surface area contributed by atoms with Crippen molar-refractivity contribution >= 4 is 5.78 Å². The summed E-state index contributed by atoms with van der Waals surface area (Å²) in [7, 11) is 1.70. The smallest absolute Gasteiger partial charge is 0.161 e. The van der Waals surface area contributed by atoms with Crippen LogP contribution in [0.15, 0.2) is 0 Å². The third-order valence-electron chi connectivity index (χ3n) is 5.58. The van der Waals surface area contributed by atoms with Crippen molar-refractivity contribution in [1.29, 1.82) is 0 Å². The second-order valence-corrected chi connectivity index (χ2v) is 6.63. The van der Waals surface area contributed by atoms with Crippen LogP contribution in [-0.4, -0.2) is 25.3 Å². The first kappa shape index (κ1) is 13.6. The molecular weight excluding hydrogens is 240 g/mol. The van der Waals surface area contributed by atoms with Crippen LogP contribution in [-0.2, 0) is 14.3 Å². The molecule has 108 valence electrons. The first-order chi connectivity index (χ1) is 9.22. The average Bonchev–Trinajstić information content (AvgIpc) is 2.68. The molecule has 1 aliphatic heterocycles.